The van der Waals surface area contributed by atoms with E-state index < -0.39 is 30.7 Å². The van der Waals surface area contributed by atoms with Crippen LogP contribution in [0.3, 0.4) is 0 Å². The topological polar surface area (TPSA) is 171 Å². The number of ether oxygens (including phenoxy) is 4. The molecular weight excluding hydrogens is 489 g/mol. The number of nitrogens with zero attached hydrogens (tertiary/aromatic N) is 2. The van der Waals surface area contributed by atoms with E-state index in [9.17, 15) is 18.9 Å². The third-order valence-corrected chi connectivity index (χ3v) is 5.48. The molecule has 0 saturated heterocycles. The van der Waals surface area contributed by atoms with E-state index in [-0.39, 0.29) is 65.0 Å². The van der Waals surface area contributed by atoms with Gasteiger partial charge in [0.1, 0.15) is 13.6 Å². The van der Waals surface area contributed by atoms with Gasteiger partial charge in [-0.25, -0.2) is 18.9 Å². The van der Waals surface area contributed by atoms with Crippen LogP contribution in [0.5, 0.6) is 0 Å². The van der Waals surface area contributed by atoms with Crippen molar-refractivity contribution < 1.29 is 56.4 Å². The molecule has 0 aliphatic carbocycles. The van der Waals surface area contributed by atoms with Crippen molar-refractivity contribution in [2.75, 3.05) is 53.2 Å². The molecule has 0 aromatic heterocycles. The van der Waals surface area contributed by atoms with Gasteiger partial charge in [0.2, 0.25) is 0 Å². The summed E-state index contributed by atoms with van der Waals surface area (Å²) in [4.78, 5) is 39.3. The first-order valence-corrected chi connectivity index (χ1v) is 12.9. The van der Waals surface area contributed by atoms with Crippen molar-refractivity contribution in [3.63, 3.8) is 0 Å². The lowest BCUT2D eigenvalue weighted by Gasteiger charge is -2.27. The van der Waals surface area contributed by atoms with Gasteiger partial charge < -0.3 is 24.7 Å². The maximum atomic E-state index is 13.2. The van der Waals surface area contributed by atoms with Gasteiger partial charge in [0, 0.05) is 19.8 Å². The highest BCUT2D eigenvalue weighted by Crippen LogP contribution is 2.50. The second-order valence-electron chi connectivity index (χ2n) is 7.19. The van der Waals surface area contributed by atoms with Crippen LogP contribution in [0.1, 0.15) is 53.4 Å². The van der Waals surface area contributed by atoms with Gasteiger partial charge in [-0.3, -0.25) is 13.9 Å². The molecule has 2 N–H and O–H groups in total. The summed E-state index contributed by atoms with van der Waals surface area (Å²) in [6, 6.07) is 0. The van der Waals surface area contributed by atoms with Crippen LogP contribution >= 0.6 is 7.75 Å². The van der Waals surface area contributed by atoms with E-state index in [4.69, 9.17) is 38.6 Å². The first-order chi connectivity index (χ1) is 16.5. The van der Waals surface area contributed by atoms with Crippen molar-refractivity contribution in [2.24, 2.45) is 10.5 Å². The Balaban J connectivity index is 5.04. The molecule has 35 heavy (non-hydrogen) atoms. The lowest BCUT2D eigenvalue weighted by molar-refractivity contribution is -1.00. The maximum absolute atomic E-state index is 13.2. The zero-order valence-electron chi connectivity index (χ0n) is 21.2. The van der Waals surface area contributed by atoms with Crippen molar-refractivity contribution >= 4 is 32.0 Å². The Labute approximate surface area is 206 Å². The molecule has 0 heterocycles. The van der Waals surface area contributed by atoms with Crippen LogP contribution in [-0.2, 0) is 42.2 Å². The van der Waals surface area contributed by atoms with Crippen molar-refractivity contribution in [1.82, 2.24) is 0 Å². The highest BCUT2D eigenvalue weighted by Gasteiger charge is 2.35. The van der Waals surface area contributed by atoms with Gasteiger partial charge >= 0.3 is 32.0 Å². The molecule has 204 valence electrons. The van der Waals surface area contributed by atoms with Crippen LogP contribution in [0, 0.1) is 0 Å². The largest absolute Gasteiger partial charge is 0.508 e. The van der Waals surface area contributed by atoms with E-state index in [0.29, 0.717) is 12.8 Å². The molecule has 14 nitrogen and oxygen atoms in total. The molecule has 0 aromatic carbocycles. The third kappa shape index (κ3) is 15.2. The zero-order valence-corrected chi connectivity index (χ0v) is 22.1. The van der Waals surface area contributed by atoms with Crippen LogP contribution in [0.2, 0.25) is 0 Å². The number of rotatable bonds is 16. The van der Waals surface area contributed by atoms with E-state index in [1.807, 2.05) is 13.8 Å². The number of carbonyl (C=O) groups is 3. The SMILES string of the molecule is CCCOC(=O)OCCCOP(=O)(N=C(N)[N+](C)(CC)OC(C)=O)OCCCOC(=O)OCCC. The Bertz CT molecular complexity index is 701. The van der Waals surface area contributed by atoms with Gasteiger partial charge in [-0.05, 0) is 19.8 Å². The number of hydrogen-bond acceptors (Lipinski definition) is 11. The van der Waals surface area contributed by atoms with E-state index in [0.717, 1.165) is 0 Å². The van der Waals surface area contributed by atoms with Crippen molar-refractivity contribution in [3.05, 3.63) is 0 Å². The second kappa shape index (κ2) is 17.9. The molecule has 0 saturated carbocycles. The molecule has 0 aliphatic rings. The molecule has 0 aliphatic heterocycles. The van der Waals surface area contributed by atoms with Crippen LogP contribution in [-0.4, -0.2) is 82.1 Å². The second-order valence-corrected chi connectivity index (χ2v) is 8.85. The molecule has 0 rings (SSSR count). The van der Waals surface area contributed by atoms with Crippen molar-refractivity contribution in [2.45, 2.75) is 53.4 Å². The fourth-order valence-electron chi connectivity index (χ4n) is 2.11. The van der Waals surface area contributed by atoms with Gasteiger partial charge in [0.25, 0.3) is 0 Å². The molecule has 0 radical (unpaired) electrons. The van der Waals surface area contributed by atoms with Crippen molar-refractivity contribution in [3.8, 4) is 0 Å². The smallest absolute Gasteiger partial charge is 0.434 e. The maximum Gasteiger partial charge on any atom is 0.508 e. The van der Waals surface area contributed by atoms with Gasteiger partial charge in [-0.15, -0.1) is 4.76 Å². The lowest BCUT2D eigenvalue weighted by Crippen LogP contribution is -2.54. The van der Waals surface area contributed by atoms with E-state index in [1.54, 1.807) is 6.92 Å². The van der Waals surface area contributed by atoms with Crippen molar-refractivity contribution in [1.29, 1.82) is 0 Å². The fourth-order valence-corrected chi connectivity index (χ4v) is 3.46. The Kier molecular flexibility index (Phi) is 16.7. The standard InChI is InChI=1S/C20H39N3O11P/c1-6-11-28-19(25)30-13-9-15-32-35(27,22-18(21)23(5,8-3)34-17(4)24)33-16-10-14-31-20(26)29-12-7-2/h6-16H2,1-5H3,(H2,21,22,27)/q+1. The van der Waals surface area contributed by atoms with Gasteiger partial charge in [0.15, 0.2) is 0 Å². The number of hydroxylamine groups is 3. The molecular formula is C20H39N3O11P+. The molecule has 0 amide bonds. The minimum Gasteiger partial charge on any atom is -0.434 e. The minimum atomic E-state index is -4.18. The number of guanidine groups is 1. The monoisotopic (exact) mass is 528 g/mol. The first kappa shape index (κ1) is 32.6. The van der Waals surface area contributed by atoms with E-state index in [2.05, 4.69) is 4.76 Å². The molecule has 1 atom stereocenters. The Hall–Kier alpha value is -2.41. The van der Waals surface area contributed by atoms with Crippen LogP contribution in [0.15, 0.2) is 4.76 Å². The summed E-state index contributed by atoms with van der Waals surface area (Å²) in [5.41, 5.74) is 5.97. The normalized spacial score (nSPS) is 13.5. The number of carbonyl (C=O) groups excluding carboxylic acids is 3. The predicted molar refractivity (Wildman–Crippen MR) is 124 cm³/mol. The van der Waals surface area contributed by atoms with Gasteiger partial charge in [0.05, 0.1) is 39.6 Å². The summed E-state index contributed by atoms with van der Waals surface area (Å²) in [5, 5.41) is 0. The van der Waals surface area contributed by atoms with Crippen LogP contribution in [0.25, 0.3) is 0 Å². The first-order valence-electron chi connectivity index (χ1n) is 11.4. The average Bonchev–Trinajstić information content (AvgIpc) is 2.80. The zero-order chi connectivity index (χ0) is 26.7. The number of hydrogen-bond donors (Lipinski definition) is 1. The molecule has 0 fully saturated rings. The quantitative estimate of drug-likeness (QED) is 0.0590. The van der Waals surface area contributed by atoms with Gasteiger partial charge in [-0.1, -0.05) is 18.5 Å². The summed E-state index contributed by atoms with van der Waals surface area (Å²) >= 11 is 0. The Morgan fingerprint density at radius 1 is 0.800 bits per heavy atom. The Morgan fingerprint density at radius 2 is 1.23 bits per heavy atom. The summed E-state index contributed by atoms with van der Waals surface area (Å²) < 4.78 is 46.5. The highest BCUT2D eigenvalue weighted by atomic mass is 31.2. The van der Waals surface area contributed by atoms with Crippen LogP contribution < -0.4 is 5.73 Å². The molecule has 0 spiro atoms. The van der Waals surface area contributed by atoms with Crippen LogP contribution in [0.4, 0.5) is 9.59 Å². The van der Waals surface area contributed by atoms with E-state index in [1.165, 1.54) is 14.0 Å². The fraction of sp³-hybridized carbons (Fsp3) is 0.800. The average molecular weight is 529 g/mol. The lowest BCUT2D eigenvalue weighted by atomic mass is 10.5. The summed E-state index contributed by atoms with van der Waals surface area (Å²) in [5.74, 6) is -0.937. The molecule has 1 unspecified atom stereocenters. The molecule has 0 aromatic rings. The molecule has 15 heteroatoms. The Morgan fingerprint density at radius 3 is 1.60 bits per heavy atom. The van der Waals surface area contributed by atoms with E-state index >= 15 is 0 Å². The predicted octanol–water partition coefficient (Wildman–Crippen LogP) is 3.29. The summed E-state index contributed by atoms with van der Waals surface area (Å²) in [6.45, 7) is 6.83. The number of quaternary nitrogens is 1. The minimum absolute atomic E-state index is 0.0500. The highest BCUT2D eigenvalue weighted by molar-refractivity contribution is 7.52. The summed E-state index contributed by atoms with van der Waals surface area (Å²) in [6.07, 6.45) is 0.0180. The number of nitrogens with two attached hydrogens (primary N) is 1. The third-order valence-electron chi connectivity index (χ3n) is 4.02. The summed E-state index contributed by atoms with van der Waals surface area (Å²) in [7, 11) is -2.72. The van der Waals surface area contributed by atoms with Gasteiger partial charge in [-0.2, -0.15) is 0 Å². The molecule has 0 bridgehead atoms.